The van der Waals surface area contributed by atoms with E-state index in [0.29, 0.717) is 12.8 Å². The first kappa shape index (κ1) is 17.4. The molecule has 2 unspecified atom stereocenters. The van der Waals surface area contributed by atoms with E-state index in [1.165, 1.54) is 0 Å². The van der Waals surface area contributed by atoms with Crippen molar-refractivity contribution < 1.29 is 34.4 Å². The van der Waals surface area contributed by atoms with Crippen molar-refractivity contribution in [3.05, 3.63) is 0 Å². The van der Waals surface area contributed by atoms with Gasteiger partial charge in [0.1, 0.15) is 6.10 Å². The van der Waals surface area contributed by atoms with Crippen molar-refractivity contribution in [1.82, 2.24) is 0 Å². The number of aliphatic hydroxyl groups is 1. The largest absolute Gasteiger partial charge is 0.481 e. The van der Waals surface area contributed by atoms with Gasteiger partial charge in [0.2, 0.25) is 0 Å². The number of carboxylic acid groups (broad SMARTS) is 2. The van der Waals surface area contributed by atoms with Crippen LogP contribution >= 0.6 is 0 Å². The molecule has 3 N–H and O–H groups in total. The molecular weight excluding hydrogens is 256 g/mol. The van der Waals surface area contributed by atoms with Gasteiger partial charge in [-0.05, 0) is 12.8 Å². The van der Waals surface area contributed by atoms with Crippen molar-refractivity contribution in [1.29, 1.82) is 0 Å². The lowest BCUT2D eigenvalue weighted by Crippen LogP contribution is -2.43. The fraction of sp³-hybridized carbons (Fsp3) is 0.750. The predicted molar refractivity (Wildman–Crippen MR) is 64.5 cm³/mol. The van der Waals surface area contributed by atoms with Crippen LogP contribution in [0.15, 0.2) is 0 Å². The van der Waals surface area contributed by atoms with E-state index in [9.17, 15) is 19.5 Å². The van der Waals surface area contributed by atoms with Gasteiger partial charge in [0, 0.05) is 0 Å². The maximum absolute atomic E-state index is 11.6. The molecule has 0 bridgehead atoms. The molecule has 0 saturated carbocycles. The third-order valence-corrected chi connectivity index (χ3v) is 2.64. The van der Waals surface area contributed by atoms with Crippen LogP contribution in [0.4, 0.5) is 0 Å². The van der Waals surface area contributed by atoms with Gasteiger partial charge in [0.05, 0.1) is 12.8 Å². The third-order valence-electron chi connectivity index (χ3n) is 2.64. The molecule has 110 valence electrons. The monoisotopic (exact) mass is 276 g/mol. The molecule has 0 fully saturated rings. The van der Waals surface area contributed by atoms with Gasteiger partial charge in [-0.15, -0.1) is 0 Å². The van der Waals surface area contributed by atoms with E-state index in [4.69, 9.17) is 14.9 Å². The van der Waals surface area contributed by atoms with Crippen LogP contribution in [0, 0.1) is 0 Å². The number of esters is 1. The molecule has 0 aliphatic carbocycles. The Labute approximate surface area is 111 Å². The highest BCUT2D eigenvalue weighted by Gasteiger charge is 2.41. The number of hydrogen-bond donors (Lipinski definition) is 3. The predicted octanol–water partition coefficient (Wildman–Crippen LogP) is 0.789. The molecule has 0 heterocycles. The minimum Gasteiger partial charge on any atom is -0.481 e. The fourth-order valence-electron chi connectivity index (χ4n) is 1.60. The van der Waals surface area contributed by atoms with Crippen molar-refractivity contribution in [2.24, 2.45) is 0 Å². The Bertz CT molecular complexity index is 339. The number of rotatable bonds is 9. The second-order valence-electron chi connectivity index (χ2n) is 4.39. The summed E-state index contributed by atoms with van der Waals surface area (Å²) in [5.41, 5.74) is -2.63. The van der Waals surface area contributed by atoms with Crippen molar-refractivity contribution >= 4 is 17.9 Å². The number of carboxylic acids is 2. The fourth-order valence-corrected chi connectivity index (χ4v) is 1.60. The van der Waals surface area contributed by atoms with Crippen LogP contribution in [0.3, 0.4) is 0 Å². The van der Waals surface area contributed by atoms with Crippen molar-refractivity contribution in [2.75, 3.05) is 0 Å². The van der Waals surface area contributed by atoms with Crippen LogP contribution < -0.4 is 0 Å². The van der Waals surface area contributed by atoms with Crippen LogP contribution in [0.5, 0.6) is 0 Å². The average molecular weight is 276 g/mol. The lowest BCUT2D eigenvalue weighted by atomic mass is 9.96. The standard InChI is InChI=1S/C12H20O7/c1-3-5-8(4-2)19-10(15)7-12(18,11(16)17)6-9(13)14/h8,18H,3-7H2,1-2H3,(H,13,14)(H,16,17). The maximum atomic E-state index is 11.6. The van der Waals surface area contributed by atoms with Gasteiger partial charge in [0.15, 0.2) is 5.60 Å². The zero-order valence-electron chi connectivity index (χ0n) is 11.1. The van der Waals surface area contributed by atoms with Gasteiger partial charge < -0.3 is 20.1 Å². The van der Waals surface area contributed by atoms with Gasteiger partial charge in [-0.2, -0.15) is 0 Å². The topological polar surface area (TPSA) is 121 Å². The minimum absolute atomic E-state index is 0.347. The molecule has 0 radical (unpaired) electrons. The molecule has 7 nitrogen and oxygen atoms in total. The molecule has 0 saturated heterocycles. The summed E-state index contributed by atoms with van der Waals surface area (Å²) >= 11 is 0. The zero-order valence-corrected chi connectivity index (χ0v) is 11.1. The molecule has 0 aliphatic rings. The van der Waals surface area contributed by atoms with Crippen LogP contribution in [0.25, 0.3) is 0 Å². The van der Waals surface area contributed by atoms with Gasteiger partial charge in [0.25, 0.3) is 0 Å². The minimum atomic E-state index is -2.63. The lowest BCUT2D eigenvalue weighted by Gasteiger charge is -2.22. The van der Waals surface area contributed by atoms with Gasteiger partial charge in [-0.3, -0.25) is 9.59 Å². The number of ether oxygens (including phenoxy) is 1. The number of hydrogen-bond acceptors (Lipinski definition) is 5. The molecule has 0 amide bonds. The van der Waals surface area contributed by atoms with Crippen molar-refractivity contribution in [3.63, 3.8) is 0 Å². The van der Waals surface area contributed by atoms with Crippen LogP contribution in [0.2, 0.25) is 0 Å². The van der Waals surface area contributed by atoms with Gasteiger partial charge in [-0.25, -0.2) is 4.79 Å². The lowest BCUT2D eigenvalue weighted by molar-refractivity contribution is -0.173. The molecule has 19 heavy (non-hydrogen) atoms. The van der Waals surface area contributed by atoms with E-state index in [0.717, 1.165) is 6.42 Å². The van der Waals surface area contributed by atoms with Crippen LogP contribution in [0.1, 0.15) is 46.0 Å². The van der Waals surface area contributed by atoms with Crippen molar-refractivity contribution in [3.8, 4) is 0 Å². The summed E-state index contributed by atoms with van der Waals surface area (Å²) in [5.74, 6) is -4.17. The Kier molecular flexibility index (Phi) is 7.06. The van der Waals surface area contributed by atoms with E-state index in [1.54, 1.807) is 0 Å². The van der Waals surface area contributed by atoms with Gasteiger partial charge in [-0.1, -0.05) is 20.3 Å². The Morgan fingerprint density at radius 2 is 1.74 bits per heavy atom. The molecular formula is C12H20O7. The summed E-state index contributed by atoms with van der Waals surface area (Å²) in [6.45, 7) is 3.72. The number of carbonyl (C=O) groups excluding carboxylic acids is 1. The first-order chi connectivity index (χ1) is 8.75. The number of carbonyl (C=O) groups is 3. The highest BCUT2D eigenvalue weighted by atomic mass is 16.5. The Morgan fingerprint density at radius 3 is 2.11 bits per heavy atom. The molecule has 7 heteroatoms. The highest BCUT2D eigenvalue weighted by molar-refractivity contribution is 5.88. The Balaban J connectivity index is 4.64. The summed E-state index contributed by atoms with van der Waals surface area (Å²) in [6.07, 6.45) is -0.280. The van der Waals surface area contributed by atoms with E-state index in [-0.39, 0.29) is 6.10 Å². The second-order valence-corrected chi connectivity index (χ2v) is 4.39. The smallest absolute Gasteiger partial charge is 0.336 e. The highest BCUT2D eigenvalue weighted by Crippen LogP contribution is 2.18. The zero-order chi connectivity index (χ0) is 15.1. The Morgan fingerprint density at radius 1 is 1.16 bits per heavy atom. The first-order valence-corrected chi connectivity index (χ1v) is 6.12. The summed E-state index contributed by atoms with van der Waals surface area (Å²) < 4.78 is 5.01. The maximum Gasteiger partial charge on any atom is 0.336 e. The molecule has 0 aromatic carbocycles. The molecule has 0 rings (SSSR count). The third kappa shape index (κ3) is 6.19. The van der Waals surface area contributed by atoms with E-state index in [1.807, 2.05) is 13.8 Å². The first-order valence-electron chi connectivity index (χ1n) is 6.12. The number of aliphatic carboxylic acids is 2. The summed E-state index contributed by atoms with van der Waals surface area (Å²) in [7, 11) is 0. The normalized spacial score (nSPS) is 15.3. The molecule has 0 spiro atoms. The van der Waals surface area contributed by atoms with Crippen LogP contribution in [-0.2, 0) is 19.1 Å². The molecule has 0 aromatic heterocycles. The van der Waals surface area contributed by atoms with Crippen LogP contribution in [-0.4, -0.2) is 44.9 Å². The SMILES string of the molecule is CCCC(CC)OC(=O)CC(O)(CC(=O)O)C(=O)O. The molecule has 2 atom stereocenters. The summed E-state index contributed by atoms with van der Waals surface area (Å²) in [4.78, 5) is 32.9. The van der Waals surface area contributed by atoms with Gasteiger partial charge >= 0.3 is 17.9 Å². The average Bonchev–Trinajstić information content (AvgIpc) is 2.26. The second kappa shape index (κ2) is 7.73. The van der Waals surface area contributed by atoms with Crippen molar-refractivity contribution in [2.45, 2.75) is 57.7 Å². The molecule has 0 aromatic rings. The quantitative estimate of drug-likeness (QED) is 0.532. The molecule has 0 aliphatic heterocycles. The summed E-state index contributed by atoms with van der Waals surface area (Å²) in [5, 5.41) is 27.0. The van der Waals surface area contributed by atoms with E-state index >= 15 is 0 Å². The Hall–Kier alpha value is -1.63. The van der Waals surface area contributed by atoms with E-state index in [2.05, 4.69) is 0 Å². The summed E-state index contributed by atoms with van der Waals surface area (Å²) in [6, 6.07) is 0. The van der Waals surface area contributed by atoms with E-state index < -0.39 is 36.4 Å².